The molecule has 0 atom stereocenters. The van der Waals surface area contributed by atoms with Crippen molar-refractivity contribution in [1.29, 1.82) is 0 Å². The first-order valence-corrected chi connectivity index (χ1v) is 6.86. The van der Waals surface area contributed by atoms with Gasteiger partial charge >= 0.3 is 5.97 Å². The number of halogens is 1. The van der Waals surface area contributed by atoms with E-state index < -0.39 is 5.97 Å². The van der Waals surface area contributed by atoms with Gasteiger partial charge in [-0.05, 0) is 41.0 Å². The highest BCUT2D eigenvalue weighted by Crippen LogP contribution is 2.44. The van der Waals surface area contributed by atoms with E-state index in [4.69, 9.17) is 0 Å². The third-order valence-electron chi connectivity index (χ3n) is 3.32. The maximum absolute atomic E-state index is 11.4. The smallest absolute Gasteiger partial charge is 0.331 e. The predicted molar refractivity (Wildman–Crippen MR) is 76.5 cm³/mol. The quantitative estimate of drug-likeness (QED) is 0.840. The number of fused-ring (bicyclic) bond motifs is 1. The van der Waals surface area contributed by atoms with Crippen LogP contribution in [0.3, 0.4) is 0 Å². The normalized spacial score (nSPS) is 15.6. The van der Waals surface area contributed by atoms with E-state index in [9.17, 15) is 9.90 Å². The lowest BCUT2D eigenvalue weighted by molar-refractivity contribution is -0.132. The molecular formula is C15H17BrO2. The molecule has 0 radical (unpaired) electrons. The Balaban J connectivity index is 2.74. The van der Waals surface area contributed by atoms with Crippen molar-refractivity contribution in [2.24, 2.45) is 5.41 Å². The summed E-state index contributed by atoms with van der Waals surface area (Å²) in [5.74, 6) is -0.787. The number of aliphatic carboxylic acids is 1. The van der Waals surface area contributed by atoms with Gasteiger partial charge in [-0.2, -0.15) is 0 Å². The molecule has 0 saturated carbocycles. The van der Waals surface area contributed by atoms with E-state index in [-0.39, 0.29) is 5.41 Å². The van der Waals surface area contributed by atoms with Gasteiger partial charge in [0.2, 0.25) is 0 Å². The van der Waals surface area contributed by atoms with Crippen molar-refractivity contribution in [3.63, 3.8) is 0 Å². The third-order valence-corrected chi connectivity index (χ3v) is 4.07. The summed E-state index contributed by atoms with van der Waals surface area (Å²) < 4.78 is 1.08. The van der Waals surface area contributed by atoms with Gasteiger partial charge in [0.25, 0.3) is 0 Å². The molecule has 0 heterocycles. The Hall–Kier alpha value is -1.09. The van der Waals surface area contributed by atoms with Gasteiger partial charge in [-0.25, -0.2) is 4.79 Å². The summed E-state index contributed by atoms with van der Waals surface area (Å²) in [6.45, 7) is 6.21. The fourth-order valence-electron chi connectivity index (χ4n) is 2.66. The van der Waals surface area contributed by atoms with Crippen LogP contribution in [-0.2, 0) is 11.2 Å². The minimum Gasteiger partial charge on any atom is -0.478 e. The summed E-state index contributed by atoms with van der Waals surface area (Å²) in [4.78, 5) is 11.4. The minimum atomic E-state index is -0.787. The van der Waals surface area contributed by atoms with Crippen LogP contribution in [-0.4, -0.2) is 11.1 Å². The number of allylic oxidation sites excluding steroid dienone is 1. The number of carboxylic acids is 1. The topological polar surface area (TPSA) is 37.3 Å². The van der Waals surface area contributed by atoms with Gasteiger partial charge in [0.15, 0.2) is 0 Å². The van der Waals surface area contributed by atoms with Crippen molar-refractivity contribution in [2.75, 3.05) is 0 Å². The fourth-order valence-corrected chi connectivity index (χ4v) is 3.22. The standard InChI is InChI=1S/C15H17BrO2/c1-15(2,3)13-10-5-4-6-12(16)9(10)7-8-11(13)14(17)18/h4-6H,7-8H2,1-3H3,(H,17,18). The van der Waals surface area contributed by atoms with Crippen LogP contribution in [0.2, 0.25) is 0 Å². The Morgan fingerprint density at radius 3 is 2.50 bits per heavy atom. The van der Waals surface area contributed by atoms with Crippen molar-refractivity contribution in [3.05, 3.63) is 39.4 Å². The lowest BCUT2D eigenvalue weighted by Crippen LogP contribution is -2.20. The Kier molecular flexibility index (Phi) is 3.37. The Morgan fingerprint density at radius 1 is 1.28 bits per heavy atom. The molecule has 1 aromatic rings. The van der Waals surface area contributed by atoms with E-state index in [1.54, 1.807) is 0 Å². The lowest BCUT2D eigenvalue weighted by atomic mass is 9.73. The molecule has 1 aliphatic carbocycles. The van der Waals surface area contributed by atoms with E-state index in [1.807, 2.05) is 18.2 Å². The Labute approximate surface area is 116 Å². The molecule has 0 spiro atoms. The first kappa shape index (κ1) is 13.3. The summed E-state index contributed by atoms with van der Waals surface area (Å²) in [5, 5.41) is 9.40. The van der Waals surface area contributed by atoms with Crippen molar-refractivity contribution in [1.82, 2.24) is 0 Å². The van der Waals surface area contributed by atoms with Gasteiger partial charge in [-0.15, -0.1) is 0 Å². The number of carbonyl (C=O) groups is 1. The van der Waals surface area contributed by atoms with Crippen molar-refractivity contribution in [2.45, 2.75) is 33.6 Å². The SMILES string of the molecule is CC(C)(C)C1=C(C(=O)O)CCc2c(Br)cccc21. The Morgan fingerprint density at radius 2 is 1.94 bits per heavy atom. The number of carboxylic acid groups (broad SMARTS) is 1. The van der Waals surface area contributed by atoms with Crippen LogP contribution < -0.4 is 0 Å². The summed E-state index contributed by atoms with van der Waals surface area (Å²) in [7, 11) is 0. The van der Waals surface area contributed by atoms with Gasteiger partial charge in [-0.1, -0.05) is 48.8 Å². The average Bonchev–Trinajstić information content (AvgIpc) is 2.26. The molecule has 0 bridgehead atoms. The van der Waals surface area contributed by atoms with Crippen LogP contribution in [0.4, 0.5) is 0 Å². The molecule has 0 aromatic heterocycles. The summed E-state index contributed by atoms with van der Waals surface area (Å²) in [5.41, 5.74) is 3.68. The van der Waals surface area contributed by atoms with E-state index in [2.05, 4.69) is 36.7 Å². The molecule has 96 valence electrons. The van der Waals surface area contributed by atoms with Gasteiger partial charge < -0.3 is 5.11 Å². The Bertz CT molecular complexity index is 536. The van der Waals surface area contributed by atoms with E-state index >= 15 is 0 Å². The van der Waals surface area contributed by atoms with Crippen molar-refractivity contribution < 1.29 is 9.90 Å². The van der Waals surface area contributed by atoms with Crippen LogP contribution in [0.5, 0.6) is 0 Å². The zero-order valence-corrected chi connectivity index (χ0v) is 12.5. The molecular weight excluding hydrogens is 292 g/mol. The molecule has 0 amide bonds. The summed E-state index contributed by atoms with van der Waals surface area (Å²) in [6.07, 6.45) is 1.40. The molecule has 0 unspecified atom stereocenters. The molecule has 2 rings (SSSR count). The third kappa shape index (κ3) is 2.24. The molecule has 2 nitrogen and oxygen atoms in total. The van der Waals surface area contributed by atoms with Gasteiger partial charge in [0.1, 0.15) is 0 Å². The highest BCUT2D eigenvalue weighted by atomic mass is 79.9. The molecule has 0 fully saturated rings. The molecule has 0 saturated heterocycles. The molecule has 18 heavy (non-hydrogen) atoms. The van der Waals surface area contributed by atoms with E-state index in [0.717, 1.165) is 22.0 Å². The molecule has 1 aliphatic rings. The van der Waals surface area contributed by atoms with Crippen LogP contribution in [0, 0.1) is 5.41 Å². The zero-order chi connectivity index (χ0) is 13.5. The van der Waals surface area contributed by atoms with E-state index in [1.165, 1.54) is 5.56 Å². The summed E-state index contributed by atoms with van der Waals surface area (Å²) >= 11 is 3.56. The molecule has 3 heteroatoms. The second-order valence-electron chi connectivity index (χ2n) is 5.67. The predicted octanol–water partition coefficient (Wildman–Crippen LogP) is 4.28. The minimum absolute atomic E-state index is 0.163. The first-order valence-electron chi connectivity index (χ1n) is 6.07. The van der Waals surface area contributed by atoms with Gasteiger partial charge in [0, 0.05) is 10.0 Å². The molecule has 1 N–H and O–H groups in total. The number of benzene rings is 1. The second kappa shape index (κ2) is 4.54. The zero-order valence-electron chi connectivity index (χ0n) is 10.9. The maximum atomic E-state index is 11.4. The van der Waals surface area contributed by atoms with Crippen molar-refractivity contribution >= 4 is 27.5 Å². The largest absolute Gasteiger partial charge is 0.478 e. The highest BCUT2D eigenvalue weighted by molar-refractivity contribution is 9.10. The average molecular weight is 309 g/mol. The van der Waals surface area contributed by atoms with Crippen LogP contribution in [0.25, 0.3) is 5.57 Å². The highest BCUT2D eigenvalue weighted by Gasteiger charge is 2.31. The maximum Gasteiger partial charge on any atom is 0.331 e. The first-order chi connectivity index (χ1) is 8.32. The van der Waals surface area contributed by atoms with Crippen LogP contribution in [0.1, 0.15) is 38.3 Å². The van der Waals surface area contributed by atoms with Crippen molar-refractivity contribution in [3.8, 4) is 0 Å². The number of hydrogen-bond acceptors (Lipinski definition) is 1. The monoisotopic (exact) mass is 308 g/mol. The van der Waals surface area contributed by atoms with Gasteiger partial charge in [-0.3, -0.25) is 0 Å². The lowest BCUT2D eigenvalue weighted by Gasteiger charge is -2.31. The molecule has 1 aromatic carbocycles. The summed E-state index contributed by atoms with van der Waals surface area (Å²) in [6, 6.07) is 6.02. The number of hydrogen-bond donors (Lipinski definition) is 1. The fraction of sp³-hybridized carbons (Fsp3) is 0.400. The van der Waals surface area contributed by atoms with Crippen LogP contribution in [0.15, 0.2) is 28.2 Å². The van der Waals surface area contributed by atoms with E-state index in [0.29, 0.717) is 12.0 Å². The van der Waals surface area contributed by atoms with Crippen LogP contribution >= 0.6 is 15.9 Å². The number of rotatable bonds is 1. The van der Waals surface area contributed by atoms with Gasteiger partial charge in [0.05, 0.1) is 0 Å². The molecule has 0 aliphatic heterocycles. The second-order valence-corrected chi connectivity index (χ2v) is 6.53.